The minimum atomic E-state index is -0.401. The van der Waals surface area contributed by atoms with Gasteiger partial charge in [-0.05, 0) is 31.5 Å². The second-order valence-corrected chi connectivity index (χ2v) is 4.05. The second-order valence-electron chi connectivity index (χ2n) is 4.05. The molecule has 0 bridgehead atoms. The maximum atomic E-state index is 11.3. The van der Waals surface area contributed by atoms with Crippen molar-refractivity contribution in [3.05, 3.63) is 23.8 Å². The molecule has 0 saturated heterocycles. The summed E-state index contributed by atoms with van der Waals surface area (Å²) in [5, 5.41) is 0. The highest BCUT2D eigenvalue weighted by atomic mass is 16.6. The van der Waals surface area contributed by atoms with Gasteiger partial charge in [0.2, 0.25) is 0 Å². The number of benzene rings is 1. The fourth-order valence-corrected chi connectivity index (χ4v) is 1.39. The third-order valence-electron chi connectivity index (χ3n) is 2.14. The van der Waals surface area contributed by atoms with Crippen molar-refractivity contribution in [3.63, 3.8) is 0 Å². The van der Waals surface area contributed by atoms with E-state index >= 15 is 0 Å². The fourth-order valence-electron chi connectivity index (χ4n) is 1.39. The molecule has 1 aromatic carbocycles. The average Bonchev–Trinajstić information content (AvgIpc) is 2.35. The Labute approximate surface area is 107 Å². The highest BCUT2D eigenvalue weighted by Crippen LogP contribution is 2.22. The van der Waals surface area contributed by atoms with E-state index in [1.165, 1.54) is 0 Å². The minimum Gasteiger partial charge on any atom is -0.497 e. The van der Waals surface area contributed by atoms with Crippen LogP contribution in [0.3, 0.4) is 0 Å². The summed E-state index contributed by atoms with van der Waals surface area (Å²) in [5.74, 6) is 0.780. The summed E-state index contributed by atoms with van der Waals surface area (Å²) < 4.78 is 15.4. The number of esters is 1. The van der Waals surface area contributed by atoms with Crippen LogP contribution in [0.25, 0.3) is 0 Å². The zero-order chi connectivity index (χ0) is 13.5. The quantitative estimate of drug-likeness (QED) is 0.778. The molecule has 18 heavy (non-hydrogen) atoms. The molecule has 0 aliphatic rings. The molecule has 0 atom stereocenters. The van der Waals surface area contributed by atoms with Gasteiger partial charge in [0.25, 0.3) is 0 Å². The SMILES string of the molecule is COc1cc(CN)cc(OCC(=O)OC(C)C)c1. The van der Waals surface area contributed by atoms with E-state index in [0.717, 1.165) is 5.56 Å². The van der Waals surface area contributed by atoms with E-state index in [9.17, 15) is 4.79 Å². The van der Waals surface area contributed by atoms with E-state index in [1.54, 1.807) is 33.1 Å². The van der Waals surface area contributed by atoms with Crippen LogP contribution in [0.15, 0.2) is 18.2 Å². The van der Waals surface area contributed by atoms with Crippen LogP contribution >= 0.6 is 0 Å². The van der Waals surface area contributed by atoms with Crippen molar-refractivity contribution in [1.29, 1.82) is 0 Å². The Balaban J connectivity index is 2.63. The summed E-state index contributed by atoms with van der Waals surface area (Å²) in [5.41, 5.74) is 6.44. The Morgan fingerprint density at radius 2 is 1.94 bits per heavy atom. The van der Waals surface area contributed by atoms with Gasteiger partial charge >= 0.3 is 5.97 Å². The molecule has 1 aromatic rings. The summed E-state index contributed by atoms with van der Waals surface area (Å²) in [6.07, 6.45) is -0.147. The molecular formula is C13H19NO4. The highest BCUT2D eigenvalue weighted by molar-refractivity contribution is 5.71. The van der Waals surface area contributed by atoms with E-state index in [1.807, 2.05) is 6.07 Å². The molecule has 0 fully saturated rings. The molecule has 5 nitrogen and oxygen atoms in total. The van der Waals surface area contributed by atoms with Crippen molar-refractivity contribution >= 4 is 5.97 Å². The third-order valence-corrected chi connectivity index (χ3v) is 2.14. The second kappa shape index (κ2) is 6.86. The minimum absolute atomic E-state index is 0.130. The predicted molar refractivity (Wildman–Crippen MR) is 67.6 cm³/mol. The van der Waals surface area contributed by atoms with Gasteiger partial charge in [-0.3, -0.25) is 0 Å². The van der Waals surface area contributed by atoms with Gasteiger partial charge in [0.05, 0.1) is 13.2 Å². The Kier molecular flexibility index (Phi) is 5.45. The number of hydrogen-bond donors (Lipinski definition) is 1. The largest absolute Gasteiger partial charge is 0.497 e. The molecule has 1 rings (SSSR count). The van der Waals surface area contributed by atoms with Crippen LogP contribution in [0.1, 0.15) is 19.4 Å². The molecule has 100 valence electrons. The Morgan fingerprint density at radius 3 is 2.50 bits per heavy atom. The lowest BCUT2D eigenvalue weighted by Gasteiger charge is -2.11. The molecular weight excluding hydrogens is 234 g/mol. The van der Waals surface area contributed by atoms with Gasteiger partial charge in [-0.25, -0.2) is 4.79 Å². The van der Waals surface area contributed by atoms with Gasteiger partial charge in [-0.15, -0.1) is 0 Å². The molecule has 0 spiro atoms. The molecule has 0 aliphatic heterocycles. The van der Waals surface area contributed by atoms with E-state index in [-0.39, 0.29) is 12.7 Å². The standard InChI is InChI=1S/C13H19NO4/c1-9(2)18-13(15)8-17-12-5-10(7-14)4-11(6-12)16-3/h4-6,9H,7-8,14H2,1-3H3. The molecule has 0 unspecified atom stereocenters. The van der Waals surface area contributed by atoms with Crippen LogP contribution in [-0.4, -0.2) is 25.8 Å². The number of rotatable bonds is 6. The zero-order valence-electron chi connectivity index (χ0n) is 10.9. The lowest BCUT2D eigenvalue weighted by atomic mass is 10.2. The number of carbonyl (C=O) groups excluding carboxylic acids is 1. The van der Waals surface area contributed by atoms with Gasteiger partial charge in [-0.1, -0.05) is 0 Å². The van der Waals surface area contributed by atoms with Crippen LogP contribution < -0.4 is 15.2 Å². The lowest BCUT2D eigenvalue weighted by molar-refractivity contribution is -0.149. The van der Waals surface area contributed by atoms with E-state index in [4.69, 9.17) is 19.9 Å². The van der Waals surface area contributed by atoms with Crippen LogP contribution in [0.4, 0.5) is 0 Å². The molecule has 0 saturated carbocycles. The molecule has 0 aromatic heterocycles. The summed E-state index contributed by atoms with van der Waals surface area (Å²) in [6, 6.07) is 5.28. The van der Waals surface area contributed by atoms with Crippen LogP contribution in [-0.2, 0) is 16.1 Å². The van der Waals surface area contributed by atoms with Gasteiger partial charge in [-0.2, -0.15) is 0 Å². The van der Waals surface area contributed by atoms with Crippen LogP contribution in [0.2, 0.25) is 0 Å². The Bertz CT molecular complexity index is 382. The third kappa shape index (κ3) is 4.63. The van der Waals surface area contributed by atoms with Crippen molar-refractivity contribution in [2.45, 2.75) is 26.5 Å². The monoisotopic (exact) mass is 253 g/mol. The topological polar surface area (TPSA) is 70.8 Å². The average molecular weight is 253 g/mol. The first-order valence-electron chi connectivity index (χ1n) is 5.75. The maximum Gasteiger partial charge on any atom is 0.344 e. The van der Waals surface area contributed by atoms with Crippen molar-refractivity contribution in [1.82, 2.24) is 0 Å². The van der Waals surface area contributed by atoms with Gasteiger partial charge in [0, 0.05) is 12.6 Å². The first-order valence-corrected chi connectivity index (χ1v) is 5.75. The van der Waals surface area contributed by atoms with Crippen LogP contribution in [0, 0.1) is 0 Å². The summed E-state index contributed by atoms with van der Waals surface area (Å²) >= 11 is 0. The zero-order valence-corrected chi connectivity index (χ0v) is 10.9. The number of methoxy groups -OCH3 is 1. The smallest absolute Gasteiger partial charge is 0.344 e. The molecule has 5 heteroatoms. The van der Waals surface area contributed by atoms with Crippen LogP contribution in [0.5, 0.6) is 11.5 Å². The Hall–Kier alpha value is -1.75. The molecule has 0 radical (unpaired) electrons. The molecule has 0 heterocycles. The number of carbonyl (C=O) groups is 1. The van der Waals surface area contributed by atoms with E-state index < -0.39 is 5.97 Å². The summed E-state index contributed by atoms with van der Waals surface area (Å²) in [6.45, 7) is 3.82. The molecule has 0 aliphatic carbocycles. The van der Waals surface area contributed by atoms with Crippen molar-refractivity contribution in [2.24, 2.45) is 5.73 Å². The first-order chi connectivity index (χ1) is 8.55. The predicted octanol–water partition coefficient (Wildman–Crippen LogP) is 1.48. The normalized spacial score (nSPS) is 10.3. The van der Waals surface area contributed by atoms with Crippen molar-refractivity contribution < 1.29 is 19.0 Å². The summed E-state index contributed by atoms with van der Waals surface area (Å²) in [4.78, 5) is 11.3. The molecule has 2 N–H and O–H groups in total. The first kappa shape index (κ1) is 14.3. The number of ether oxygens (including phenoxy) is 3. The van der Waals surface area contributed by atoms with Gasteiger partial charge < -0.3 is 19.9 Å². The van der Waals surface area contributed by atoms with Gasteiger partial charge in [0.1, 0.15) is 11.5 Å². The Morgan fingerprint density at radius 1 is 1.28 bits per heavy atom. The van der Waals surface area contributed by atoms with Gasteiger partial charge in [0.15, 0.2) is 6.61 Å². The van der Waals surface area contributed by atoms with E-state index in [0.29, 0.717) is 18.0 Å². The van der Waals surface area contributed by atoms with Crippen molar-refractivity contribution in [2.75, 3.05) is 13.7 Å². The highest BCUT2D eigenvalue weighted by Gasteiger charge is 2.08. The maximum absolute atomic E-state index is 11.3. The fraction of sp³-hybridized carbons (Fsp3) is 0.462. The van der Waals surface area contributed by atoms with Crippen molar-refractivity contribution in [3.8, 4) is 11.5 Å². The van der Waals surface area contributed by atoms with E-state index in [2.05, 4.69) is 0 Å². The lowest BCUT2D eigenvalue weighted by Crippen LogP contribution is -2.18. The number of hydrogen-bond acceptors (Lipinski definition) is 5. The summed E-state index contributed by atoms with van der Waals surface area (Å²) in [7, 11) is 1.56. The molecule has 0 amide bonds. The number of nitrogens with two attached hydrogens (primary N) is 1.